The lowest BCUT2D eigenvalue weighted by atomic mass is 10.1. The topological polar surface area (TPSA) is 100 Å². The van der Waals surface area contributed by atoms with Gasteiger partial charge in [-0.15, -0.1) is 0 Å². The van der Waals surface area contributed by atoms with Crippen molar-refractivity contribution in [3.63, 3.8) is 0 Å². The molecule has 0 atom stereocenters. The van der Waals surface area contributed by atoms with Crippen molar-refractivity contribution in [2.24, 2.45) is 0 Å². The number of nitrogens with one attached hydrogen (secondary N) is 1. The molecule has 0 saturated carbocycles. The van der Waals surface area contributed by atoms with Gasteiger partial charge < -0.3 is 24.3 Å². The first kappa shape index (κ1) is 21.4. The maximum Gasteiger partial charge on any atom is 0.338 e. The molecule has 1 rings (SSSR count). The third-order valence-corrected chi connectivity index (χ3v) is 3.21. The Balaban J connectivity index is 2.61. The van der Waals surface area contributed by atoms with Gasteiger partial charge in [0.2, 0.25) is 0 Å². The van der Waals surface area contributed by atoms with Crippen LogP contribution in [0.3, 0.4) is 0 Å². The second-order valence-corrected chi connectivity index (χ2v) is 5.64. The lowest BCUT2D eigenvalue weighted by Gasteiger charge is -2.11. The molecule has 0 heterocycles. The quantitative estimate of drug-likeness (QED) is 0.495. The van der Waals surface area contributed by atoms with Crippen molar-refractivity contribution < 1.29 is 33.3 Å². The molecule has 26 heavy (non-hydrogen) atoms. The molecule has 0 aliphatic carbocycles. The van der Waals surface area contributed by atoms with Crippen molar-refractivity contribution in [3.8, 4) is 5.75 Å². The number of hydrogen-bond acceptors (Lipinski definition) is 7. The summed E-state index contributed by atoms with van der Waals surface area (Å²) in [6.45, 7) is 4.65. The molecule has 1 N–H and O–H groups in total. The monoisotopic (exact) mass is 367 g/mol. The van der Waals surface area contributed by atoms with Crippen molar-refractivity contribution in [2.75, 3.05) is 34.0 Å². The van der Waals surface area contributed by atoms with Crippen LogP contribution in [0.25, 0.3) is 0 Å². The highest BCUT2D eigenvalue weighted by Crippen LogP contribution is 2.19. The smallest absolute Gasteiger partial charge is 0.338 e. The number of amides is 1. The van der Waals surface area contributed by atoms with Crippen LogP contribution in [-0.2, 0) is 19.0 Å². The third kappa shape index (κ3) is 7.52. The molecular formula is C18H25NO7. The number of carbonyl (C=O) groups excluding carboxylic acids is 3. The van der Waals surface area contributed by atoms with E-state index in [4.69, 9.17) is 9.47 Å². The Morgan fingerprint density at radius 2 is 1.58 bits per heavy atom. The van der Waals surface area contributed by atoms with E-state index < -0.39 is 11.9 Å². The fraction of sp³-hybridized carbons (Fsp3) is 0.500. The Bertz CT molecular complexity index is 594. The molecule has 0 unspecified atom stereocenters. The van der Waals surface area contributed by atoms with E-state index in [9.17, 15) is 14.4 Å². The van der Waals surface area contributed by atoms with Crippen molar-refractivity contribution in [1.29, 1.82) is 0 Å². The maximum absolute atomic E-state index is 11.8. The summed E-state index contributed by atoms with van der Waals surface area (Å²) < 4.78 is 20.0. The molecule has 1 aromatic rings. The van der Waals surface area contributed by atoms with Gasteiger partial charge in [-0.3, -0.25) is 4.79 Å². The van der Waals surface area contributed by atoms with Gasteiger partial charge in [0.15, 0.2) is 6.61 Å². The lowest BCUT2D eigenvalue weighted by Crippen LogP contribution is -2.30. The normalized spacial score (nSPS) is 10.3. The van der Waals surface area contributed by atoms with Gasteiger partial charge in [0.05, 0.1) is 31.5 Å². The third-order valence-electron chi connectivity index (χ3n) is 3.21. The van der Waals surface area contributed by atoms with E-state index in [1.165, 1.54) is 32.4 Å². The van der Waals surface area contributed by atoms with E-state index in [1.54, 1.807) is 0 Å². The predicted octanol–water partition coefficient (Wildman–Crippen LogP) is 1.57. The van der Waals surface area contributed by atoms with Crippen LogP contribution in [0, 0.1) is 0 Å². The summed E-state index contributed by atoms with van der Waals surface area (Å²) in [5.74, 6) is -1.39. The van der Waals surface area contributed by atoms with Crippen molar-refractivity contribution in [3.05, 3.63) is 29.3 Å². The van der Waals surface area contributed by atoms with Crippen LogP contribution in [0.1, 0.15) is 41.0 Å². The molecule has 8 nitrogen and oxygen atoms in total. The minimum Gasteiger partial charge on any atom is -0.484 e. The largest absolute Gasteiger partial charge is 0.484 e. The minimum absolute atomic E-state index is 0.122. The molecular weight excluding hydrogens is 342 g/mol. The van der Waals surface area contributed by atoms with Gasteiger partial charge in [-0.05, 0) is 38.5 Å². The molecule has 0 aromatic heterocycles. The zero-order chi connectivity index (χ0) is 19.5. The number of rotatable bonds is 10. The van der Waals surface area contributed by atoms with E-state index in [2.05, 4.69) is 14.8 Å². The Hall–Kier alpha value is -2.61. The molecule has 0 bridgehead atoms. The maximum atomic E-state index is 11.8. The molecule has 0 saturated heterocycles. The van der Waals surface area contributed by atoms with Crippen LogP contribution in [0.2, 0.25) is 0 Å². The van der Waals surface area contributed by atoms with Gasteiger partial charge in [0.25, 0.3) is 5.91 Å². The highest BCUT2D eigenvalue weighted by atomic mass is 16.5. The van der Waals surface area contributed by atoms with E-state index >= 15 is 0 Å². The number of methoxy groups -OCH3 is 2. The van der Waals surface area contributed by atoms with Crippen LogP contribution in [0.4, 0.5) is 0 Å². The van der Waals surface area contributed by atoms with Gasteiger partial charge in [-0.2, -0.15) is 0 Å². The number of hydrogen-bond donors (Lipinski definition) is 1. The standard InChI is InChI=1S/C18H25NO7/c1-12(2)25-7-5-6-19-16(20)11-26-15-9-13(17(21)23-3)8-14(10-15)18(22)24-4/h8-10,12H,5-7,11H2,1-4H3,(H,19,20). The second kappa shape index (κ2) is 11.1. The van der Waals surface area contributed by atoms with Gasteiger partial charge in [-0.25, -0.2) is 9.59 Å². The summed E-state index contributed by atoms with van der Waals surface area (Å²) in [5.41, 5.74) is 0.244. The Kier molecular flexibility index (Phi) is 9.14. The zero-order valence-corrected chi connectivity index (χ0v) is 15.5. The molecule has 1 aromatic carbocycles. The van der Waals surface area contributed by atoms with Gasteiger partial charge in [0, 0.05) is 13.2 Å². The van der Waals surface area contributed by atoms with Gasteiger partial charge in [0.1, 0.15) is 5.75 Å². The Morgan fingerprint density at radius 3 is 2.08 bits per heavy atom. The first-order valence-corrected chi connectivity index (χ1v) is 8.20. The average molecular weight is 367 g/mol. The molecule has 0 fully saturated rings. The van der Waals surface area contributed by atoms with E-state index in [1.807, 2.05) is 13.8 Å². The lowest BCUT2D eigenvalue weighted by molar-refractivity contribution is -0.123. The van der Waals surface area contributed by atoms with Crippen molar-refractivity contribution in [2.45, 2.75) is 26.4 Å². The highest BCUT2D eigenvalue weighted by Gasteiger charge is 2.15. The minimum atomic E-state index is -0.629. The van der Waals surface area contributed by atoms with Crippen LogP contribution in [0.15, 0.2) is 18.2 Å². The highest BCUT2D eigenvalue weighted by molar-refractivity contribution is 5.96. The van der Waals surface area contributed by atoms with E-state index in [0.717, 1.165) is 0 Å². The summed E-state index contributed by atoms with van der Waals surface area (Å²) in [7, 11) is 2.45. The summed E-state index contributed by atoms with van der Waals surface area (Å²) in [5, 5.41) is 2.70. The second-order valence-electron chi connectivity index (χ2n) is 5.64. The van der Waals surface area contributed by atoms with Crippen LogP contribution >= 0.6 is 0 Å². The fourth-order valence-corrected chi connectivity index (χ4v) is 1.97. The van der Waals surface area contributed by atoms with Crippen LogP contribution in [-0.4, -0.2) is 57.9 Å². The molecule has 0 aliphatic rings. The van der Waals surface area contributed by atoms with Crippen LogP contribution < -0.4 is 10.1 Å². The number of ether oxygens (including phenoxy) is 4. The number of carbonyl (C=O) groups is 3. The first-order valence-electron chi connectivity index (χ1n) is 8.20. The zero-order valence-electron chi connectivity index (χ0n) is 15.5. The summed E-state index contributed by atoms with van der Waals surface area (Å²) >= 11 is 0. The number of benzene rings is 1. The van der Waals surface area contributed by atoms with E-state index in [0.29, 0.717) is 19.6 Å². The molecule has 8 heteroatoms. The van der Waals surface area contributed by atoms with Crippen molar-refractivity contribution in [1.82, 2.24) is 5.32 Å². The Morgan fingerprint density at radius 1 is 1.00 bits per heavy atom. The summed E-state index contributed by atoms with van der Waals surface area (Å²) in [4.78, 5) is 35.2. The predicted molar refractivity (Wildman–Crippen MR) is 93.3 cm³/mol. The number of esters is 2. The SMILES string of the molecule is COC(=O)c1cc(OCC(=O)NCCCOC(C)C)cc(C(=O)OC)c1. The average Bonchev–Trinajstić information content (AvgIpc) is 2.64. The van der Waals surface area contributed by atoms with E-state index in [-0.39, 0.29) is 35.5 Å². The van der Waals surface area contributed by atoms with Gasteiger partial charge >= 0.3 is 11.9 Å². The molecule has 0 spiro atoms. The molecule has 0 radical (unpaired) electrons. The Labute approximate surface area is 152 Å². The summed E-state index contributed by atoms with van der Waals surface area (Å²) in [6.07, 6.45) is 0.842. The van der Waals surface area contributed by atoms with Gasteiger partial charge in [-0.1, -0.05) is 0 Å². The molecule has 1 amide bonds. The fourth-order valence-electron chi connectivity index (χ4n) is 1.97. The molecule has 144 valence electrons. The van der Waals surface area contributed by atoms with Crippen LogP contribution in [0.5, 0.6) is 5.75 Å². The first-order chi connectivity index (χ1) is 12.4. The van der Waals surface area contributed by atoms with Crippen molar-refractivity contribution >= 4 is 17.8 Å². The summed E-state index contributed by atoms with van der Waals surface area (Å²) in [6, 6.07) is 4.11. The molecule has 0 aliphatic heterocycles.